The van der Waals surface area contributed by atoms with Crippen LogP contribution in [0.5, 0.6) is 0 Å². The number of nitrogens with zero attached hydrogens (tertiary/aromatic N) is 6. The van der Waals surface area contributed by atoms with Gasteiger partial charge in [-0.1, -0.05) is 48.5 Å². The maximum absolute atomic E-state index is 13.2. The first-order valence-electron chi connectivity index (χ1n) is 10.5. The van der Waals surface area contributed by atoms with E-state index in [0.717, 1.165) is 12.0 Å². The van der Waals surface area contributed by atoms with Gasteiger partial charge in [0.2, 0.25) is 0 Å². The predicted octanol–water partition coefficient (Wildman–Crippen LogP) is 3.84. The lowest BCUT2D eigenvalue weighted by Gasteiger charge is -2.07. The highest BCUT2D eigenvalue weighted by Gasteiger charge is 2.13. The third-order valence-electron chi connectivity index (χ3n) is 5.94. The molecule has 6 aromatic rings. The molecule has 0 bridgehead atoms. The second kappa shape index (κ2) is 7.16. The number of aromatic nitrogens is 6. The van der Waals surface area contributed by atoms with Crippen molar-refractivity contribution in [2.75, 3.05) is 0 Å². The number of hydrogen-bond acceptors (Lipinski definition) is 4. The Hall–Kier alpha value is -4.26. The van der Waals surface area contributed by atoms with Crippen molar-refractivity contribution in [2.24, 2.45) is 7.05 Å². The Morgan fingerprint density at radius 1 is 0.906 bits per heavy atom. The first kappa shape index (κ1) is 18.5. The molecular weight excluding hydrogens is 400 g/mol. The van der Waals surface area contributed by atoms with Crippen molar-refractivity contribution in [2.45, 2.75) is 13.0 Å². The largest absolute Gasteiger partial charge is 0.350 e. The molecule has 0 spiro atoms. The summed E-state index contributed by atoms with van der Waals surface area (Å²) in [6.45, 7) is 0.591. The van der Waals surface area contributed by atoms with Crippen LogP contribution in [-0.2, 0) is 20.0 Å². The number of fused-ring (bicyclic) bond motifs is 4. The summed E-state index contributed by atoms with van der Waals surface area (Å²) in [6, 6.07) is 20.0. The van der Waals surface area contributed by atoms with Crippen LogP contribution >= 0.6 is 0 Å². The third kappa shape index (κ3) is 2.90. The molecule has 0 aliphatic heterocycles. The second-order valence-corrected chi connectivity index (χ2v) is 7.92. The average Bonchev–Trinajstić information content (AvgIpc) is 3.41. The van der Waals surface area contributed by atoms with Gasteiger partial charge in [-0.3, -0.25) is 4.79 Å². The zero-order valence-corrected chi connectivity index (χ0v) is 17.5. The van der Waals surface area contributed by atoms with Crippen molar-refractivity contribution in [3.8, 4) is 11.4 Å². The van der Waals surface area contributed by atoms with Crippen LogP contribution < -0.4 is 5.56 Å². The van der Waals surface area contributed by atoms with Gasteiger partial charge in [0, 0.05) is 48.6 Å². The van der Waals surface area contributed by atoms with Crippen LogP contribution in [0.25, 0.3) is 39.0 Å². The van der Waals surface area contributed by atoms with Gasteiger partial charge in [-0.25, -0.2) is 4.98 Å². The van der Waals surface area contributed by atoms with Crippen LogP contribution in [0.1, 0.15) is 5.56 Å². The molecule has 0 saturated heterocycles. The molecule has 7 nitrogen and oxygen atoms in total. The Morgan fingerprint density at radius 3 is 2.59 bits per heavy atom. The lowest BCUT2D eigenvalue weighted by molar-refractivity contribution is 0.675. The quantitative estimate of drug-likeness (QED) is 0.435. The average molecular weight is 420 g/mol. The van der Waals surface area contributed by atoms with E-state index in [1.807, 2.05) is 61.8 Å². The van der Waals surface area contributed by atoms with Crippen LogP contribution in [0.15, 0.2) is 84.0 Å². The van der Waals surface area contributed by atoms with Crippen LogP contribution in [0, 0.1) is 0 Å². The summed E-state index contributed by atoms with van der Waals surface area (Å²) in [4.78, 5) is 22.1. The van der Waals surface area contributed by atoms with Crippen molar-refractivity contribution in [1.82, 2.24) is 28.7 Å². The van der Waals surface area contributed by atoms with Gasteiger partial charge in [-0.15, -0.1) is 5.10 Å². The van der Waals surface area contributed by atoms with E-state index in [4.69, 9.17) is 0 Å². The van der Waals surface area contributed by atoms with Crippen molar-refractivity contribution < 1.29 is 0 Å². The fourth-order valence-corrected chi connectivity index (χ4v) is 4.31. The van der Waals surface area contributed by atoms with E-state index in [1.165, 1.54) is 16.5 Å². The maximum atomic E-state index is 13.2. The fourth-order valence-electron chi connectivity index (χ4n) is 4.31. The normalized spacial score (nSPS) is 11.7. The number of para-hydroxylation sites is 1. The number of pyridine rings is 1. The first-order valence-corrected chi connectivity index (χ1v) is 10.5. The zero-order valence-electron chi connectivity index (χ0n) is 17.5. The molecule has 4 aromatic heterocycles. The lowest BCUT2D eigenvalue weighted by atomic mass is 10.1. The van der Waals surface area contributed by atoms with Gasteiger partial charge in [-0.05, 0) is 24.1 Å². The standard InChI is InChI=1S/C25H20N6O/c1-29-16-18(19-9-5-6-10-21(19)29)11-13-30-14-12-22-20(24(30)32)15-26-25-27-23(28-31(22)25)17-7-3-2-4-8-17/h2-10,12,14-16H,11,13H2,1H3. The second-order valence-electron chi connectivity index (χ2n) is 7.92. The van der Waals surface area contributed by atoms with Crippen molar-refractivity contribution in [3.63, 3.8) is 0 Å². The molecule has 7 heteroatoms. The third-order valence-corrected chi connectivity index (χ3v) is 5.94. The van der Waals surface area contributed by atoms with E-state index in [-0.39, 0.29) is 5.56 Å². The van der Waals surface area contributed by atoms with Crippen molar-refractivity contribution in [1.29, 1.82) is 0 Å². The van der Waals surface area contributed by atoms with Gasteiger partial charge in [0.1, 0.15) is 0 Å². The van der Waals surface area contributed by atoms with E-state index < -0.39 is 0 Å². The summed E-state index contributed by atoms with van der Waals surface area (Å²) in [7, 11) is 2.05. The van der Waals surface area contributed by atoms with Crippen LogP contribution in [0.4, 0.5) is 0 Å². The number of hydrogen-bond donors (Lipinski definition) is 0. The summed E-state index contributed by atoms with van der Waals surface area (Å²) in [5, 5.41) is 6.36. The SMILES string of the molecule is Cn1cc(CCn2ccc3c(cnc4nc(-c5ccccc5)nn43)c2=O)c2ccccc21. The predicted molar refractivity (Wildman–Crippen MR) is 125 cm³/mol. The molecular formula is C25H20N6O. The van der Waals surface area contributed by atoms with Gasteiger partial charge in [0.05, 0.1) is 10.9 Å². The molecule has 0 unspecified atom stereocenters. The first-order chi connectivity index (χ1) is 15.7. The minimum absolute atomic E-state index is 0.0751. The fraction of sp³-hybridized carbons (Fsp3) is 0.120. The summed E-state index contributed by atoms with van der Waals surface area (Å²) < 4.78 is 5.52. The van der Waals surface area contributed by atoms with E-state index in [9.17, 15) is 4.79 Å². The topological polar surface area (TPSA) is 70.0 Å². The molecule has 0 radical (unpaired) electrons. The summed E-state index contributed by atoms with van der Waals surface area (Å²) >= 11 is 0. The minimum Gasteiger partial charge on any atom is -0.350 e. The molecule has 6 rings (SSSR count). The Morgan fingerprint density at radius 2 is 1.72 bits per heavy atom. The molecule has 0 aliphatic carbocycles. The van der Waals surface area contributed by atoms with Gasteiger partial charge in [0.15, 0.2) is 5.82 Å². The minimum atomic E-state index is -0.0751. The van der Waals surface area contributed by atoms with E-state index in [0.29, 0.717) is 29.0 Å². The molecule has 0 saturated carbocycles. The van der Waals surface area contributed by atoms with Crippen molar-refractivity contribution >= 4 is 27.6 Å². The highest BCUT2D eigenvalue weighted by Crippen LogP contribution is 2.21. The molecule has 0 N–H and O–H groups in total. The van der Waals surface area contributed by atoms with Crippen LogP contribution in [0.3, 0.4) is 0 Å². The van der Waals surface area contributed by atoms with Gasteiger partial charge >= 0.3 is 0 Å². The van der Waals surface area contributed by atoms with E-state index in [1.54, 1.807) is 15.3 Å². The number of benzene rings is 2. The molecule has 0 aliphatic rings. The molecule has 0 amide bonds. The van der Waals surface area contributed by atoms with Crippen LogP contribution in [0.2, 0.25) is 0 Å². The maximum Gasteiger partial charge on any atom is 0.261 e. The van der Waals surface area contributed by atoms with Gasteiger partial charge in [0.25, 0.3) is 11.3 Å². The highest BCUT2D eigenvalue weighted by molar-refractivity contribution is 5.84. The molecule has 4 heterocycles. The molecule has 0 atom stereocenters. The summed E-state index contributed by atoms with van der Waals surface area (Å²) in [5.74, 6) is 1.06. The molecule has 0 fully saturated rings. The molecule has 156 valence electrons. The summed E-state index contributed by atoms with van der Waals surface area (Å²) in [6.07, 6.45) is 6.34. The Bertz CT molecular complexity index is 1660. The zero-order chi connectivity index (χ0) is 21.7. The van der Waals surface area contributed by atoms with E-state index in [2.05, 4.69) is 38.0 Å². The van der Waals surface area contributed by atoms with Gasteiger partial charge < -0.3 is 9.13 Å². The lowest BCUT2D eigenvalue weighted by Crippen LogP contribution is -2.21. The smallest absolute Gasteiger partial charge is 0.261 e. The van der Waals surface area contributed by atoms with E-state index >= 15 is 0 Å². The monoisotopic (exact) mass is 420 g/mol. The Balaban J connectivity index is 1.38. The number of aryl methyl sites for hydroxylation is 3. The van der Waals surface area contributed by atoms with Gasteiger partial charge in [-0.2, -0.15) is 9.50 Å². The van der Waals surface area contributed by atoms with Crippen LogP contribution in [-0.4, -0.2) is 28.7 Å². The summed E-state index contributed by atoms with van der Waals surface area (Å²) in [5.41, 5.74) is 3.97. The van der Waals surface area contributed by atoms with Crippen molar-refractivity contribution in [3.05, 3.63) is 95.2 Å². The molecule has 2 aromatic carbocycles. The highest BCUT2D eigenvalue weighted by atomic mass is 16.1. The Kier molecular flexibility index (Phi) is 4.14. The Labute approximate surface area is 183 Å². The number of rotatable bonds is 4. The molecule has 32 heavy (non-hydrogen) atoms.